The average molecular weight is 667 g/mol. The van der Waals surface area contributed by atoms with E-state index in [1.54, 1.807) is 49.4 Å². The number of aliphatic imine (C=N–C) groups is 2. The summed E-state index contributed by atoms with van der Waals surface area (Å²) < 4.78 is 4.72. The number of carboxylic acid groups (broad SMARTS) is 1. The zero-order chi connectivity index (χ0) is 30.2. The van der Waals surface area contributed by atoms with Crippen LogP contribution in [0, 0.1) is 5.92 Å². The van der Waals surface area contributed by atoms with E-state index in [1.807, 2.05) is 30.3 Å². The van der Waals surface area contributed by atoms with Crippen molar-refractivity contribution < 1.29 is 41.0 Å². The van der Waals surface area contributed by atoms with Crippen LogP contribution in [0.3, 0.4) is 0 Å². The van der Waals surface area contributed by atoms with Gasteiger partial charge in [0.15, 0.2) is 0 Å². The Bertz CT molecular complexity index is 1480. The van der Waals surface area contributed by atoms with Gasteiger partial charge in [-0.1, -0.05) is 78.7 Å². The van der Waals surface area contributed by atoms with E-state index in [9.17, 15) is 19.8 Å². The number of methoxy groups -OCH3 is 1. The number of carboxylic acids is 1. The Kier molecular flexibility index (Phi) is 12.8. The van der Waals surface area contributed by atoms with Gasteiger partial charge in [0, 0.05) is 33.8 Å². The second-order valence-electron chi connectivity index (χ2n) is 10.2. The van der Waals surface area contributed by atoms with Gasteiger partial charge in [-0.15, -0.1) is 0 Å². The standard InChI is InChI=1S/C32H33Cl2N3O5.Ni/c1-20(17-28(38)42-2)29(32(40)41)36-30(23-11-6-7-12-25(23)34)24-18-22(33)14-15-26(24)35-31(39)27-13-8-16-37(27)19-21-9-4-3-5-10-21;/h3-7,9-12,14-15,18,20,27,29H,8,13,16-17,19H2,1-2H3,(H,35,39)(H,40,41);/q;+2/p-2/t20-,27-,29-;/m0./s1. The minimum atomic E-state index is -1.48. The number of benzene rings is 3. The van der Waals surface area contributed by atoms with Gasteiger partial charge in [0.05, 0.1) is 36.9 Å². The smallest absolute Gasteiger partial charge is 0.861 e. The monoisotopic (exact) mass is 665 g/mol. The average Bonchev–Trinajstić information content (AvgIpc) is 3.43. The number of esters is 1. The molecule has 1 fully saturated rings. The molecule has 0 aromatic heterocycles. The summed E-state index contributed by atoms with van der Waals surface area (Å²) in [6.07, 6.45) is 1.34. The van der Waals surface area contributed by atoms with Gasteiger partial charge in [0.25, 0.3) is 0 Å². The Balaban J connectivity index is 0.00000506. The van der Waals surface area contributed by atoms with Crippen molar-refractivity contribution in [2.75, 3.05) is 13.7 Å². The normalized spacial score (nSPS) is 17.2. The zero-order valence-corrected chi connectivity index (χ0v) is 26.2. The molecule has 1 heterocycles. The second-order valence-corrected chi connectivity index (χ2v) is 11.0. The summed E-state index contributed by atoms with van der Waals surface area (Å²) in [6.45, 7) is 2.96. The maximum absolute atomic E-state index is 13.6. The molecular weight excluding hydrogens is 636 g/mol. The number of rotatable bonds is 11. The molecule has 0 bridgehead atoms. The van der Waals surface area contributed by atoms with Gasteiger partial charge < -0.3 is 19.7 Å². The van der Waals surface area contributed by atoms with Crippen molar-refractivity contribution in [2.45, 2.75) is 44.8 Å². The Hall–Kier alpha value is -3.23. The van der Waals surface area contributed by atoms with Crippen LogP contribution in [-0.2, 0) is 37.4 Å². The van der Waals surface area contributed by atoms with Crippen LogP contribution in [0.4, 0.5) is 5.69 Å². The molecule has 0 aliphatic carbocycles. The molecule has 4 rings (SSSR count). The van der Waals surface area contributed by atoms with Crippen LogP contribution in [0.5, 0.6) is 0 Å². The molecule has 3 aromatic rings. The summed E-state index contributed by atoms with van der Waals surface area (Å²) in [6, 6.07) is 19.7. The number of hydrogen-bond donors (Lipinski definition) is 0. The summed E-state index contributed by atoms with van der Waals surface area (Å²) in [7, 11) is 1.23. The van der Waals surface area contributed by atoms with Crippen molar-refractivity contribution >= 4 is 52.4 Å². The molecule has 8 nitrogen and oxygen atoms in total. The predicted octanol–water partition coefficient (Wildman–Crippen LogP) is 4.20. The predicted molar refractivity (Wildman–Crippen MR) is 160 cm³/mol. The third-order valence-corrected chi connectivity index (χ3v) is 7.78. The summed E-state index contributed by atoms with van der Waals surface area (Å²) in [5.41, 5.74) is 2.27. The molecule has 1 aliphatic heterocycles. The number of nitrogens with zero attached hydrogens (tertiary/aromatic N) is 3. The fourth-order valence-corrected chi connectivity index (χ4v) is 5.45. The maximum Gasteiger partial charge on any atom is 2.00 e. The molecule has 11 heteroatoms. The summed E-state index contributed by atoms with van der Waals surface area (Å²) in [5, 5.41) is 26.5. The van der Waals surface area contributed by atoms with Crippen LogP contribution in [0.1, 0.15) is 42.9 Å². The fourth-order valence-electron chi connectivity index (χ4n) is 5.05. The number of likely N-dealkylation sites (tertiary alicyclic amines) is 1. The summed E-state index contributed by atoms with van der Waals surface area (Å²) in [4.78, 5) is 35.4. The van der Waals surface area contributed by atoms with Gasteiger partial charge in [-0.25, -0.2) is 0 Å². The number of halogens is 2. The van der Waals surface area contributed by atoms with Gasteiger partial charge in [0.1, 0.15) is 0 Å². The number of aliphatic carboxylic acids is 1. The summed E-state index contributed by atoms with van der Waals surface area (Å²) in [5.74, 6) is -3.15. The Labute approximate surface area is 271 Å². The summed E-state index contributed by atoms with van der Waals surface area (Å²) >= 11 is 13.0. The molecule has 0 spiro atoms. The molecule has 1 aliphatic rings. The quantitative estimate of drug-likeness (QED) is 0.131. The van der Waals surface area contributed by atoms with Crippen LogP contribution >= 0.6 is 23.2 Å². The van der Waals surface area contributed by atoms with E-state index in [-0.39, 0.29) is 40.2 Å². The van der Waals surface area contributed by atoms with Gasteiger partial charge >= 0.3 is 22.5 Å². The third kappa shape index (κ3) is 8.90. The number of ether oxygens (including phenoxy) is 1. The Morgan fingerprint density at radius 2 is 1.72 bits per heavy atom. The van der Waals surface area contributed by atoms with Crippen molar-refractivity contribution in [1.29, 1.82) is 0 Å². The van der Waals surface area contributed by atoms with Crippen LogP contribution in [0.25, 0.3) is 0 Å². The van der Waals surface area contributed by atoms with Crippen molar-refractivity contribution in [3.8, 4) is 0 Å². The van der Waals surface area contributed by atoms with Crippen LogP contribution < -0.4 is 10.2 Å². The first-order valence-electron chi connectivity index (χ1n) is 13.6. The van der Waals surface area contributed by atoms with E-state index in [2.05, 4.69) is 14.9 Å². The van der Waals surface area contributed by atoms with E-state index in [1.165, 1.54) is 7.11 Å². The minimum absolute atomic E-state index is 0. The van der Waals surface area contributed by atoms with Crippen molar-refractivity contribution in [3.63, 3.8) is 0 Å². The third-order valence-electron chi connectivity index (χ3n) is 7.22. The topological polar surface area (TPSA) is 117 Å². The molecule has 3 aromatic carbocycles. The van der Waals surface area contributed by atoms with E-state index in [0.717, 1.165) is 18.5 Å². The molecule has 228 valence electrons. The van der Waals surface area contributed by atoms with Gasteiger partial charge in [-0.2, -0.15) is 0 Å². The largest absolute Gasteiger partial charge is 2.00 e. The van der Waals surface area contributed by atoms with Crippen molar-refractivity contribution in [1.82, 2.24) is 4.90 Å². The maximum atomic E-state index is 13.6. The van der Waals surface area contributed by atoms with Gasteiger partial charge in [0.2, 0.25) is 0 Å². The molecule has 0 amide bonds. The molecule has 3 atom stereocenters. The number of carbonyl (C=O) groups is 2. The molecule has 1 saturated heterocycles. The first-order chi connectivity index (χ1) is 20.2. The first-order valence-corrected chi connectivity index (χ1v) is 14.4. The molecule has 0 saturated carbocycles. The van der Waals surface area contributed by atoms with E-state index in [0.29, 0.717) is 34.1 Å². The number of carbonyl (C=O) groups excluding carboxylic acids is 2. The SMILES string of the molecule is COC(=O)C[C@H](C)[C@H](N=C(c1ccccc1Cl)c1cc(Cl)ccc1N=C([O-])[C@@H]1CCCN1Cc1ccccc1)C(=O)[O-].[Ni+2]. The van der Waals surface area contributed by atoms with Crippen LogP contribution in [0.2, 0.25) is 10.0 Å². The molecule has 0 radical (unpaired) electrons. The van der Waals surface area contributed by atoms with Crippen molar-refractivity contribution in [3.05, 3.63) is 99.5 Å². The second kappa shape index (κ2) is 16.0. The first kappa shape index (κ1) is 34.3. The van der Waals surface area contributed by atoms with Crippen LogP contribution in [-0.4, -0.2) is 54.2 Å². The Morgan fingerprint density at radius 1 is 1.02 bits per heavy atom. The zero-order valence-electron chi connectivity index (χ0n) is 23.7. The minimum Gasteiger partial charge on any atom is -0.861 e. The van der Waals surface area contributed by atoms with Gasteiger partial charge in [-0.05, 0) is 61.0 Å². The van der Waals surface area contributed by atoms with Gasteiger partial charge in [-0.3, -0.25) is 19.7 Å². The number of hydrogen-bond acceptors (Lipinski definition) is 8. The van der Waals surface area contributed by atoms with E-state index < -0.39 is 29.9 Å². The van der Waals surface area contributed by atoms with Crippen molar-refractivity contribution in [2.24, 2.45) is 15.9 Å². The molecule has 0 N–H and O–H groups in total. The Morgan fingerprint density at radius 3 is 2.40 bits per heavy atom. The molecule has 0 unspecified atom stereocenters. The van der Waals surface area contributed by atoms with E-state index in [4.69, 9.17) is 27.9 Å². The fraction of sp³-hybridized carbons (Fsp3) is 0.312. The van der Waals surface area contributed by atoms with E-state index >= 15 is 0 Å². The molecule has 43 heavy (non-hydrogen) atoms. The molecular formula is C32H31Cl2N3NiO5. The van der Waals surface area contributed by atoms with Crippen LogP contribution in [0.15, 0.2) is 82.8 Å².